The Hall–Kier alpha value is -0.900. The van der Waals surface area contributed by atoms with Gasteiger partial charge in [0.15, 0.2) is 0 Å². The zero-order valence-electron chi connectivity index (χ0n) is 13.9. The molecule has 2 rings (SSSR count). The van der Waals surface area contributed by atoms with Crippen LogP contribution in [-0.4, -0.2) is 54.2 Å². The SMILES string of the molecule is CCc1ccc(C(O)C(C)N(C)CC2CCCN2C)cc1. The highest BCUT2D eigenvalue weighted by Crippen LogP contribution is 2.23. The molecule has 3 unspecified atom stereocenters. The van der Waals surface area contributed by atoms with Crippen LogP contribution in [0.2, 0.25) is 0 Å². The molecule has 3 heteroatoms. The van der Waals surface area contributed by atoms with E-state index in [4.69, 9.17) is 0 Å². The van der Waals surface area contributed by atoms with Crippen molar-refractivity contribution in [3.8, 4) is 0 Å². The molecule has 0 aliphatic carbocycles. The van der Waals surface area contributed by atoms with Gasteiger partial charge in [-0.15, -0.1) is 0 Å². The van der Waals surface area contributed by atoms with Crippen LogP contribution in [0.5, 0.6) is 0 Å². The highest BCUT2D eigenvalue weighted by atomic mass is 16.3. The van der Waals surface area contributed by atoms with E-state index in [0.29, 0.717) is 6.04 Å². The molecule has 1 aromatic rings. The maximum atomic E-state index is 10.6. The van der Waals surface area contributed by atoms with Crippen LogP contribution in [0, 0.1) is 0 Å². The van der Waals surface area contributed by atoms with E-state index in [1.807, 2.05) is 0 Å². The van der Waals surface area contributed by atoms with Gasteiger partial charge >= 0.3 is 0 Å². The topological polar surface area (TPSA) is 26.7 Å². The number of rotatable bonds is 6. The van der Waals surface area contributed by atoms with Crippen LogP contribution in [0.15, 0.2) is 24.3 Å². The minimum Gasteiger partial charge on any atom is -0.387 e. The number of nitrogens with zero attached hydrogens (tertiary/aromatic N) is 2. The van der Waals surface area contributed by atoms with Crippen LogP contribution in [0.4, 0.5) is 0 Å². The number of aliphatic hydroxyl groups is 1. The van der Waals surface area contributed by atoms with Crippen LogP contribution in [-0.2, 0) is 6.42 Å². The fourth-order valence-corrected chi connectivity index (χ4v) is 3.18. The molecule has 3 nitrogen and oxygen atoms in total. The van der Waals surface area contributed by atoms with Gasteiger partial charge in [-0.3, -0.25) is 4.90 Å². The minimum atomic E-state index is -0.424. The maximum Gasteiger partial charge on any atom is 0.0942 e. The first-order valence-electron chi connectivity index (χ1n) is 8.20. The Bertz CT molecular complexity index is 431. The van der Waals surface area contributed by atoms with E-state index in [-0.39, 0.29) is 6.04 Å². The summed E-state index contributed by atoms with van der Waals surface area (Å²) >= 11 is 0. The van der Waals surface area contributed by atoms with Crippen molar-refractivity contribution < 1.29 is 5.11 Å². The number of benzene rings is 1. The summed E-state index contributed by atoms with van der Waals surface area (Å²) in [6, 6.07) is 9.13. The third-order valence-corrected chi connectivity index (χ3v) is 5.05. The molecular formula is C18H30N2O. The van der Waals surface area contributed by atoms with E-state index >= 15 is 0 Å². The molecule has 0 spiro atoms. The molecule has 0 aromatic heterocycles. The van der Waals surface area contributed by atoms with Crippen molar-refractivity contribution in [1.29, 1.82) is 0 Å². The fourth-order valence-electron chi connectivity index (χ4n) is 3.18. The Morgan fingerprint density at radius 2 is 2.00 bits per heavy atom. The number of aryl methyl sites for hydroxylation is 1. The van der Waals surface area contributed by atoms with Crippen LogP contribution < -0.4 is 0 Å². The largest absolute Gasteiger partial charge is 0.387 e. The van der Waals surface area contributed by atoms with Crippen LogP contribution in [0.25, 0.3) is 0 Å². The molecule has 1 fully saturated rings. The lowest BCUT2D eigenvalue weighted by Crippen LogP contribution is -2.42. The van der Waals surface area contributed by atoms with Crippen molar-refractivity contribution in [3.05, 3.63) is 35.4 Å². The van der Waals surface area contributed by atoms with Gasteiger partial charge in [0, 0.05) is 18.6 Å². The minimum absolute atomic E-state index is 0.131. The number of likely N-dealkylation sites (N-methyl/N-ethyl adjacent to an activating group) is 2. The Morgan fingerprint density at radius 3 is 2.52 bits per heavy atom. The van der Waals surface area contributed by atoms with Gasteiger partial charge in [-0.05, 0) is 58.0 Å². The van der Waals surface area contributed by atoms with Crippen molar-refractivity contribution in [3.63, 3.8) is 0 Å². The summed E-state index contributed by atoms with van der Waals surface area (Å²) in [6.45, 7) is 6.50. The number of aliphatic hydroxyl groups excluding tert-OH is 1. The lowest BCUT2D eigenvalue weighted by Gasteiger charge is -2.33. The molecule has 21 heavy (non-hydrogen) atoms. The van der Waals surface area contributed by atoms with Gasteiger partial charge in [-0.1, -0.05) is 31.2 Å². The van der Waals surface area contributed by atoms with Gasteiger partial charge in [0.1, 0.15) is 0 Å². The molecule has 0 saturated carbocycles. The monoisotopic (exact) mass is 290 g/mol. The first kappa shape index (κ1) is 16.5. The van der Waals surface area contributed by atoms with Crippen molar-refractivity contribution in [2.45, 2.75) is 51.3 Å². The summed E-state index contributed by atoms with van der Waals surface area (Å²) in [5.74, 6) is 0. The second kappa shape index (κ2) is 7.39. The molecule has 1 N–H and O–H groups in total. The second-order valence-corrected chi connectivity index (χ2v) is 6.50. The predicted octanol–water partition coefficient (Wildman–Crippen LogP) is 2.70. The summed E-state index contributed by atoms with van der Waals surface area (Å²) in [5, 5.41) is 10.6. The molecule has 0 amide bonds. The molecule has 1 saturated heterocycles. The predicted molar refractivity (Wildman–Crippen MR) is 88.5 cm³/mol. The maximum absolute atomic E-state index is 10.6. The Morgan fingerprint density at radius 1 is 1.33 bits per heavy atom. The number of likely N-dealkylation sites (tertiary alicyclic amines) is 1. The van der Waals surface area contributed by atoms with Crippen molar-refractivity contribution in [2.24, 2.45) is 0 Å². The molecule has 1 aliphatic heterocycles. The Kier molecular flexibility index (Phi) is 5.80. The molecule has 1 aromatic carbocycles. The van der Waals surface area contributed by atoms with E-state index in [9.17, 15) is 5.11 Å². The number of hydrogen-bond donors (Lipinski definition) is 1. The standard InChI is InChI=1S/C18H30N2O/c1-5-15-8-10-16(11-9-15)18(21)14(2)20(4)13-17-7-6-12-19(17)3/h8-11,14,17-18,21H,5-7,12-13H2,1-4H3. The first-order chi connectivity index (χ1) is 10.0. The summed E-state index contributed by atoms with van der Waals surface area (Å²) in [7, 11) is 4.33. The molecule has 0 radical (unpaired) electrons. The number of hydrogen-bond acceptors (Lipinski definition) is 3. The average molecular weight is 290 g/mol. The van der Waals surface area contributed by atoms with E-state index < -0.39 is 6.10 Å². The lowest BCUT2D eigenvalue weighted by atomic mass is 10.00. The normalized spacial score (nSPS) is 22.7. The molecule has 1 aliphatic rings. The average Bonchev–Trinajstić information content (AvgIpc) is 2.91. The van der Waals surface area contributed by atoms with Crippen molar-refractivity contribution >= 4 is 0 Å². The van der Waals surface area contributed by atoms with Gasteiger partial charge in [-0.25, -0.2) is 0 Å². The van der Waals surface area contributed by atoms with Crippen molar-refractivity contribution in [1.82, 2.24) is 9.80 Å². The van der Waals surface area contributed by atoms with Crippen molar-refractivity contribution in [2.75, 3.05) is 27.2 Å². The van der Waals surface area contributed by atoms with Crippen LogP contribution >= 0.6 is 0 Å². The zero-order valence-corrected chi connectivity index (χ0v) is 13.9. The van der Waals surface area contributed by atoms with Gasteiger partial charge in [0.05, 0.1) is 6.10 Å². The molecule has 118 valence electrons. The van der Waals surface area contributed by atoms with Gasteiger partial charge in [0.2, 0.25) is 0 Å². The van der Waals surface area contributed by atoms with Gasteiger partial charge in [0.25, 0.3) is 0 Å². The molecular weight excluding hydrogens is 260 g/mol. The Labute approximate surface area is 129 Å². The third kappa shape index (κ3) is 4.06. The van der Waals surface area contributed by atoms with Crippen LogP contribution in [0.1, 0.15) is 43.9 Å². The van der Waals surface area contributed by atoms with E-state index in [1.54, 1.807) is 0 Å². The zero-order chi connectivity index (χ0) is 15.4. The molecule has 1 heterocycles. The third-order valence-electron chi connectivity index (χ3n) is 5.05. The Balaban J connectivity index is 1.95. The van der Waals surface area contributed by atoms with Gasteiger partial charge < -0.3 is 10.0 Å². The van der Waals surface area contributed by atoms with E-state index in [0.717, 1.165) is 18.5 Å². The summed E-state index contributed by atoms with van der Waals surface area (Å²) in [5.41, 5.74) is 2.34. The van der Waals surface area contributed by atoms with Crippen LogP contribution in [0.3, 0.4) is 0 Å². The summed E-state index contributed by atoms with van der Waals surface area (Å²) < 4.78 is 0. The second-order valence-electron chi connectivity index (χ2n) is 6.50. The summed E-state index contributed by atoms with van der Waals surface area (Å²) in [4.78, 5) is 4.73. The smallest absolute Gasteiger partial charge is 0.0942 e. The first-order valence-corrected chi connectivity index (χ1v) is 8.20. The lowest BCUT2D eigenvalue weighted by molar-refractivity contribution is 0.0609. The summed E-state index contributed by atoms with van der Waals surface area (Å²) in [6.07, 6.45) is 3.19. The van der Waals surface area contributed by atoms with Gasteiger partial charge in [-0.2, -0.15) is 0 Å². The molecule has 3 atom stereocenters. The quantitative estimate of drug-likeness (QED) is 0.872. The molecule has 0 bridgehead atoms. The fraction of sp³-hybridized carbons (Fsp3) is 0.667. The highest BCUT2D eigenvalue weighted by Gasteiger charge is 2.26. The highest BCUT2D eigenvalue weighted by molar-refractivity contribution is 5.24. The van der Waals surface area contributed by atoms with E-state index in [1.165, 1.54) is 24.9 Å². The van der Waals surface area contributed by atoms with E-state index in [2.05, 4.69) is 62.0 Å².